The quantitative estimate of drug-likeness (QED) is 0.171. The first-order valence-electron chi connectivity index (χ1n) is 15.4. The number of halogens is 2. The lowest BCUT2D eigenvalue weighted by Crippen LogP contribution is -2.55. The standard InChI is InChI=1S/C36H37Cl2N3O4S/c37-31-22-13-23-32(35(31)38)41(46(44,45)30-20-11-4-12-21-30)26-34(42)40(25-28-16-7-2-8-17-28)33(24-27-14-5-1-6-15-27)36(43)39-29-18-9-3-10-19-29/h1-2,4-8,11-17,20-23,29,33H,3,9-10,18-19,24-26H2,(H,39,43)/t33-/m0/s1. The predicted molar refractivity (Wildman–Crippen MR) is 183 cm³/mol. The lowest BCUT2D eigenvalue weighted by molar-refractivity contribution is -0.140. The Morgan fingerprint density at radius 1 is 0.761 bits per heavy atom. The molecule has 10 heteroatoms. The first-order chi connectivity index (χ1) is 22.2. The van der Waals surface area contributed by atoms with E-state index in [9.17, 15) is 18.0 Å². The van der Waals surface area contributed by atoms with Crippen LogP contribution >= 0.6 is 23.2 Å². The molecule has 1 aliphatic carbocycles. The average molecular weight is 679 g/mol. The van der Waals surface area contributed by atoms with E-state index in [2.05, 4.69) is 5.32 Å². The van der Waals surface area contributed by atoms with Crippen LogP contribution in [0.2, 0.25) is 10.0 Å². The molecule has 0 aromatic heterocycles. The van der Waals surface area contributed by atoms with Gasteiger partial charge in [0, 0.05) is 19.0 Å². The summed E-state index contributed by atoms with van der Waals surface area (Å²) in [6.07, 6.45) is 5.22. The van der Waals surface area contributed by atoms with Gasteiger partial charge in [0.1, 0.15) is 12.6 Å². The Bertz CT molecular complexity index is 1720. The largest absolute Gasteiger partial charge is 0.352 e. The van der Waals surface area contributed by atoms with E-state index in [1.54, 1.807) is 30.3 Å². The Morgan fingerprint density at radius 2 is 1.35 bits per heavy atom. The van der Waals surface area contributed by atoms with Crippen LogP contribution in [-0.4, -0.2) is 43.8 Å². The topological polar surface area (TPSA) is 86.8 Å². The molecule has 0 saturated heterocycles. The molecule has 5 rings (SSSR count). The van der Waals surface area contributed by atoms with Crippen LogP contribution in [-0.2, 0) is 32.6 Å². The van der Waals surface area contributed by atoms with E-state index in [1.807, 2.05) is 60.7 Å². The third-order valence-corrected chi connectivity index (χ3v) is 10.8. The first-order valence-corrected chi connectivity index (χ1v) is 17.6. The molecule has 1 saturated carbocycles. The molecule has 240 valence electrons. The molecule has 4 aromatic carbocycles. The summed E-state index contributed by atoms with van der Waals surface area (Å²) in [6, 6.07) is 30.5. The molecule has 0 radical (unpaired) electrons. The van der Waals surface area contributed by atoms with E-state index in [4.69, 9.17) is 23.2 Å². The molecule has 1 fully saturated rings. The minimum absolute atomic E-state index is 0.00181. The van der Waals surface area contributed by atoms with Crippen molar-refractivity contribution in [1.29, 1.82) is 0 Å². The fourth-order valence-electron chi connectivity index (χ4n) is 5.80. The van der Waals surface area contributed by atoms with E-state index in [0.29, 0.717) is 0 Å². The summed E-state index contributed by atoms with van der Waals surface area (Å²) in [4.78, 5) is 30.2. The van der Waals surface area contributed by atoms with Gasteiger partial charge in [-0.2, -0.15) is 0 Å². The maximum atomic E-state index is 14.6. The summed E-state index contributed by atoms with van der Waals surface area (Å²) >= 11 is 12.9. The zero-order valence-corrected chi connectivity index (χ0v) is 27.7. The molecule has 0 unspecified atom stereocenters. The van der Waals surface area contributed by atoms with Gasteiger partial charge in [0.25, 0.3) is 10.0 Å². The highest BCUT2D eigenvalue weighted by molar-refractivity contribution is 7.92. The number of rotatable bonds is 12. The van der Waals surface area contributed by atoms with Gasteiger partial charge < -0.3 is 10.2 Å². The number of amides is 2. The highest BCUT2D eigenvalue weighted by Crippen LogP contribution is 2.35. The number of carbonyl (C=O) groups is 2. The maximum absolute atomic E-state index is 14.6. The van der Waals surface area contributed by atoms with Crippen LogP contribution in [0.3, 0.4) is 0 Å². The molecule has 0 bridgehead atoms. The number of anilines is 1. The van der Waals surface area contributed by atoms with Gasteiger partial charge in [-0.1, -0.05) is 127 Å². The summed E-state index contributed by atoms with van der Waals surface area (Å²) < 4.78 is 29.3. The number of hydrogen-bond acceptors (Lipinski definition) is 4. The van der Waals surface area contributed by atoms with E-state index in [1.165, 1.54) is 23.1 Å². The molecule has 0 aliphatic heterocycles. The summed E-state index contributed by atoms with van der Waals surface area (Å²) in [6.45, 7) is -0.510. The molecule has 2 amide bonds. The third-order valence-electron chi connectivity index (χ3n) is 8.23. The third kappa shape index (κ3) is 8.29. The second kappa shape index (κ2) is 15.6. The smallest absolute Gasteiger partial charge is 0.264 e. The van der Waals surface area contributed by atoms with Crippen LogP contribution < -0.4 is 9.62 Å². The molecule has 0 heterocycles. The molecule has 7 nitrogen and oxygen atoms in total. The van der Waals surface area contributed by atoms with Crippen LogP contribution in [0.1, 0.15) is 43.2 Å². The van der Waals surface area contributed by atoms with Crippen molar-refractivity contribution >= 4 is 50.7 Å². The second-order valence-corrected chi connectivity index (χ2v) is 14.1. The van der Waals surface area contributed by atoms with Crippen molar-refractivity contribution in [3.8, 4) is 0 Å². The van der Waals surface area contributed by atoms with Crippen LogP contribution in [0.5, 0.6) is 0 Å². The van der Waals surface area contributed by atoms with Crippen molar-refractivity contribution in [2.75, 3.05) is 10.8 Å². The van der Waals surface area contributed by atoms with Gasteiger partial charge in [-0.15, -0.1) is 0 Å². The molecule has 0 spiro atoms. The fourth-order valence-corrected chi connectivity index (χ4v) is 7.69. The number of nitrogens with one attached hydrogen (secondary N) is 1. The van der Waals surface area contributed by atoms with Crippen molar-refractivity contribution in [2.45, 2.75) is 62.0 Å². The summed E-state index contributed by atoms with van der Waals surface area (Å²) in [5.74, 6) is -0.822. The van der Waals surface area contributed by atoms with Crippen LogP contribution in [0.15, 0.2) is 114 Å². The molecule has 1 aliphatic rings. The van der Waals surface area contributed by atoms with Gasteiger partial charge in [0.2, 0.25) is 11.8 Å². The Kier molecular flexibility index (Phi) is 11.4. The molecular formula is C36H37Cl2N3O4S. The Labute approximate surface area is 281 Å². The Morgan fingerprint density at radius 3 is 1.98 bits per heavy atom. The fraction of sp³-hybridized carbons (Fsp3) is 0.278. The van der Waals surface area contributed by atoms with Gasteiger partial charge >= 0.3 is 0 Å². The van der Waals surface area contributed by atoms with E-state index >= 15 is 0 Å². The average Bonchev–Trinajstić information content (AvgIpc) is 3.08. The lowest BCUT2D eigenvalue weighted by Gasteiger charge is -2.35. The monoisotopic (exact) mass is 677 g/mol. The number of carbonyl (C=O) groups excluding carboxylic acids is 2. The number of hydrogen-bond donors (Lipinski definition) is 1. The highest BCUT2D eigenvalue weighted by Gasteiger charge is 2.36. The first kappa shape index (κ1) is 33.5. The Balaban J connectivity index is 1.57. The molecule has 1 atom stereocenters. The van der Waals surface area contributed by atoms with Crippen LogP contribution in [0, 0.1) is 0 Å². The molecule has 1 N–H and O–H groups in total. The van der Waals surface area contributed by atoms with E-state index in [-0.39, 0.29) is 45.5 Å². The van der Waals surface area contributed by atoms with Crippen molar-refractivity contribution in [3.05, 3.63) is 130 Å². The lowest BCUT2D eigenvalue weighted by atomic mass is 9.94. The molecule has 46 heavy (non-hydrogen) atoms. The Hall–Kier alpha value is -3.85. The van der Waals surface area contributed by atoms with Gasteiger partial charge in [-0.3, -0.25) is 13.9 Å². The number of benzene rings is 4. The van der Waals surface area contributed by atoms with E-state index in [0.717, 1.165) is 47.5 Å². The summed E-state index contributed by atoms with van der Waals surface area (Å²) in [5.41, 5.74) is 1.75. The van der Waals surface area contributed by atoms with Crippen LogP contribution in [0.25, 0.3) is 0 Å². The maximum Gasteiger partial charge on any atom is 0.264 e. The van der Waals surface area contributed by atoms with Gasteiger partial charge in [-0.25, -0.2) is 8.42 Å². The predicted octanol–water partition coefficient (Wildman–Crippen LogP) is 7.28. The minimum Gasteiger partial charge on any atom is -0.352 e. The van der Waals surface area contributed by atoms with Gasteiger partial charge in [-0.05, 0) is 48.2 Å². The van der Waals surface area contributed by atoms with Crippen molar-refractivity contribution in [2.24, 2.45) is 0 Å². The zero-order chi connectivity index (χ0) is 32.5. The van der Waals surface area contributed by atoms with Gasteiger partial charge in [0.15, 0.2) is 0 Å². The SMILES string of the molecule is O=C(NC1CCCCC1)[C@H](Cc1ccccc1)N(Cc1ccccc1)C(=O)CN(c1cccc(Cl)c1Cl)S(=O)(=O)c1ccccc1. The summed E-state index contributed by atoms with van der Waals surface area (Å²) in [7, 11) is -4.28. The van der Waals surface area contributed by atoms with E-state index < -0.39 is 28.5 Å². The highest BCUT2D eigenvalue weighted by atomic mass is 35.5. The molecule has 4 aromatic rings. The number of sulfonamides is 1. The van der Waals surface area contributed by atoms with Gasteiger partial charge in [0.05, 0.1) is 20.6 Å². The van der Waals surface area contributed by atoms with Crippen molar-refractivity contribution in [1.82, 2.24) is 10.2 Å². The minimum atomic E-state index is -4.28. The summed E-state index contributed by atoms with van der Waals surface area (Å²) in [5, 5.41) is 3.36. The van der Waals surface area contributed by atoms with Crippen molar-refractivity contribution < 1.29 is 18.0 Å². The van der Waals surface area contributed by atoms with Crippen molar-refractivity contribution in [3.63, 3.8) is 0 Å². The normalized spacial score (nSPS) is 14.3. The second-order valence-electron chi connectivity index (χ2n) is 11.5. The molecular weight excluding hydrogens is 641 g/mol. The van der Waals surface area contributed by atoms with Crippen LogP contribution in [0.4, 0.5) is 5.69 Å². The zero-order valence-electron chi connectivity index (χ0n) is 25.4. The number of nitrogens with zero attached hydrogens (tertiary/aromatic N) is 2.